The number of halogens is 2. The molecule has 1 aliphatic rings. The second-order valence-electron chi connectivity index (χ2n) is 7.54. The van der Waals surface area contributed by atoms with Crippen molar-refractivity contribution >= 4 is 66.2 Å². The van der Waals surface area contributed by atoms with Gasteiger partial charge in [0.2, 0.25) is 5.91 Å². The molecule has 4 rings (SSSR count). The SMILES string of the molecule is O=C1CCCN1c1ccc(S(=O)(=O)Nc2ccc(S(=O)(=O)Nc3cc(Cl)cc(Cl)c3)cc2)cc1. The van der Waals surface area contributed by atoms with E-state index in [9.17, 15) is 21.6 Å². The summed E-state index contributed by atoms with van der Waals surface area (Å²) in [4.78, 5) is 13.4. The Morgan fingerprint density at radius 3 is 1.71 bits per heavy atom. The first-order chi connectivity index (χ1) is 16.0. The van der Waals surface area contributed by atoms with Crippen molar-refractivity contribution in [2.45, 2.75) is 22.6 Å². The van der Waals surface area contributed by atoms with Gasteiger partial charge in [-0.1, -0.05) is 23.2 Å². The van der Waals surface area contributed by atoms with E-state index in [1.807, 2.05) is 0 Å². The third kappa shape index (κ3) is 5.47. The normalized spacial score (nSPS) is 14.3. The summed E-state index contributed by atoms with van der Waals surface area (Å²) < 4.78 is 55.6. The molecule has 8 nitrogen and oxygen atoms in total. The molecular formula is C22H19Cl2N3O5S2. The third-order valence-electron chi connectivity index (χ3n) is 5.06. The molecule has 0 aromatic heterocycles. The molecule has 12 heteroatoms. The quantitative estimate of drug-likeness (QED) is 0.450. The number of carbonyl (C=O) groups is 1. The van der Waals surface area contributed by atoms with Crippen LogP contribution in [0.3, 0.4) is 0 Å². The molecule has 2 N–H and O–H groups in total. The van der Waals surface area contributed by atoms with Crippen molar-refractivity contribution in [1.82, 2.24) is 0 Å². The number of sulfonamides is 2. The largest absolute Gasteiger partial charge is 0.312 e. The van der Waals surface area contributed by atoms with Crippen molar-refractivity contribution in [2.24, 2.45) is 0 Å². The highest BCUT2D eigenvalue weighted by atomic mass is 35.5. The van der Waals surface area contributed by atoms with Crippen LogP contribution in [0.15, 0.2) is 76.5 Å². The topological polar surface area (TPSA) is 113 Å². The van der Waals surface area contributed by atoms with E-state index in [4.69, 9.17) is 23.2 Å². The van der Waals surface area contributed by atoms with E-state index >= 15 is 0 Å². The fourth-order valence-electron chi connectivity index (χ4n) is 3.47. The molecule has 0 spiro atoms. The fourth-order valence-corrected chi connectivity index (χ4v) is 6.09. The predicted molar refractivity (Wildman–Crippen MR) is 133 cm³/mol. The fraction of sp³-hybridized carbons (Fsp3) is 0.136. The summed E-state index contributed by atoms with van der Waals surface area (Å²) in [6.45, 7) is 0.609. The van der Waals surface area contributed by atoms with Gasteiger partial charge in [-0.2, -0.15) is 0 Å². The maximum Gasteiger partial charge on any atom is 0.261 e. The number of rotatable bonds is 7. The average molecular weight is 540 g/mol. The average Bonchev–Trinajstić information content (AvgIpc) is 3.19. The van der Waals surface area contributed by atoms with Gasteiger partial charge in [0.05, 0.1) is 15.5 Å². The van der Waals surface area contributed by atoms with E-state index in [-0.39, 0.29) is 37.1 Å². The van der Waals surface area contributed by atoms with Crippen molar-refractivity contribution in [2.75, 3.05) is 20.9 Å². The molecule has 3 aromatic rings. The van der Waals surface area contributed by atoms with Gasteiger partial charge in [0.25, 0.3) is 20.0 Å². The summed E-state index contributed by atoms with van der Waals surface area (Å²) in [6, 6.07) is 15.5. The molecule has 178 valence electrons. The summed E-state index contributed by atoms with van der Waals surface area (Å²) in [5, 5.41) is 0.546. The van der Waals surface area contributed by atoms with Gasteiger partial charge in [-0.05, 0) is 73.2 Å². The van der Waals surface area contributed by atoms with Crippen molar-refractivity contribution in [3.8, 4) is 0 Å². The van der Waals surface area contributed by atoms with Crippen molar-refractivity contribution in [3.05, 3.63) is 76.8 Å². The molecule has 1 aliphatic heterocycles. The Morgan fingerprint density at radius 2 is 1.21 bits per heavy atom. The lowest BCUT2D eigenvalue weighted by Gasteiger charge is -2.16. The second kappa shape index (κ2) is 9.46. The Labute approximate surface area is 207 Å². The molecule has 0 atom stereocenters. The molecule has 0 saturated carbocycles. The van der Waals surface area contributed by atoms with Gasteiger partial charge in [-0.25, -0.2) is 16.8 Å². The first kappa shape index (κ1) is 24.3. The van der Waals surface area contributed by atoms with E-state index in [1.165, 1.54) is 54.6 Å². The summed E-state index contributed by atoms with van der Waals surface area (Å²) in [7, 11) is -7.88. The molecule has 1 heterocycles. The lowest BCUT2D eigenvalue weighted by Crippen LogP contribution is -2.23. The van der Waals surface area contributed by atoms with Crippen LogP contribution in [0.25, 0.3) is 0 Å². The van der Waals surface area contributed by atoms with E-state index < -0.39 is 20.0 Å². The molecule has 1 saturated heterocycles. The van der Waals surface area contributed by atoms with E-state index in [2.05, 4.69) is 9.44 Å². The van der Waals surface area contributed by atoms with Crippen LogP contribution in [0.4, 0.5) is 17.1 Å². The number of carbonyl (C=O) groups excluding carboxylic acids is 1. The Bertz CT molecular complexity index is 1420. The van der Waals surface area contributed by atoms with Gasteiger partial charge in [0.1, 0.15) is 0 Å². The van der Waals surface area contributed by atoms with Crippen molar-refractivity contribution < 1.29 is 21.6 Å². The van der Waals surface area contributed by atoms with Gasteiger partial charge >= 0.3 is 0 Å². The zero-order chi connectivity index (χ0) is 24.5. The van der Waals surface area contributed by atoms with Crippen molar-refractivity contribution in [1.29, 1.82) is 0 Å². The molecule has 0 bridgehead atoms. The highest BCUT2D eigenvalue weighted by molar-refractivity contribution is 7.93. The lowest BCUT2D eigenvalue weighted by atomic mass is 10.3. The van der Waals surface area contributed by atoms with Crippen LogP contribution in [-0.2, 0) is 24.8 Å². The Balaban J connectivity index is 1.47. The van der Waals surface area contributed by atoms with Gasteiger partial charge in [0, 0.05) is 34.4 Å². The van der Waals surface area contributed by atoms with E-state index in [0.717, 1.165) is 6.42 Å². The van der Waals surface area contributed by atoms with Gasteiger partial charge in [0.15, 0.2) is 0 Å². The second-order valence-corrected chi connectivity index (χ2v) is 11.8. The first-order valence-corrected chi connectivity index (χ1v) is 13.8. The standard InChI is InChI=1S/C22H19Cl2N3O5S2/c23-15-12-16(24)14-18(13-15)26-34(31,32)20-7-3-17(4-8-20)25-33(29,30)21-9-5-19(6-10-21)27-11-1-2-22(27)28/h3-10,12-14,25-26H,1-2,11H2. The Kier molecular flexibility index (Phi) is 6.77. The summed E-state index contributed by atoms with van der Waals surface area (Å²) >= 11 is 11.8. The Hall–Kier alpha value is -2.79. The highest BCUT2D eigenvalue weighted by Gasteiger charge is 2.23. The number of anilines is 3. The number of amides is 1. The van der Waals surface area contributed by atoms with E-state index in [1.54, 1.807) is 17.0 Å². The van der Waals surface area contributed by atoms with Crippen LogP contribution in [-0.4, -0.2) is 29.3 Å². The third-order valence-corrected chi connectivity index (χ3v) is 8.29. The molecular weight excluding hydrogens is 521 g/mol. The first-order valence-electron chi connectivity index (χ1n) is 10.1. The van der Waals surface area contributed by atoms with Crippen molar-refractivity contribution in [3.63, 3.8) is 0 Å². The Morgan fingerprint density at radius 1 is 0.706 bits per heavy atom. The number of hydrogen-bond acceptors (Lipinski definition) is 5. The molecule has 0 aliphatic carbocycles. The molecule has 0 unspecified atom stereocenters. The monoisotopic (exact) mass is 539 g/mol. The number of benzene rings is 3. The van der Waals surface area contributed by atoms with Crippen LogP contribution in [0.2, 0.25) is 10.0 Å². The molecule has 34 heavy (non-hydrogen) atoms. The lowest BCUT2D eigenvalue weighted by molar-refractivity contribution is -0.117. The zero-order valence-corrected chi connectivity index (χ0v) is 20.7. The smallest absolute Gasteiger partial charge is 0.261 e. The van der Waals surface area contributed by atoms with Crippen LogP contribution in [0, 0.1) is 0 Å². The van der Waals surface area contributed by atoms with Crippen LogP contribution >= 0.6 is 23.2 Å². The number of hydrogen-bond donors (Lipinski definition) is 2. The molecule has 3 aromatic carbocycles. The van der Waals surface area contributed by atoms with Crippen LogP contribution < -0.4 is 14.3 Å². The summed E-state index contributed by atoms with van der Waals surface area (Å²) in [5.74, 6) is 0.0109. The zero-order valence-electron chi connectivity index (χ0n) is 17.5. The predicted octanol–water partition coefficient (Wildman–Crippen LogP) is 4.72. The molecule has 1 fully saturated rings. The molecule has 1 amide bonds. The van der Waals surface area contributed by atoms with Crippen LogP contribution in [0.1, 0.15) is 12.8 Å². The molecule has 0 radical (unpaired) electrons. The highest BCUT2D eigenvalue weighted by Crippen LogP contribution is 2.26. The number of nitrogens with one attached hydrogen (secondary N) is 2. The maximum atomic E-state index is 12.7. The maximum absolute atomic E-state index is 12.7. The summed E-state index contributed by atoms with van der Waals surface area (Å²) in [6.07, 6.45) is 1.25. The van der Waals surface area contributed by atoms with Gasteiger partial charge < -0.3 is 4.90 Å². The minimum absolute atomic E-state index is 0.0109. The van der Waals surface area contributed by atoms with Crippen LogP contribution in [0.5, 0.6) is 0 Å². The van der Waals surface area contributed by atoms with E-state index in [0.29, 0.717) is 18.7 Å². The van der Waals surface area contributed by atoms with Gasteiger partial charge in [-0.15, -0.1) is 0 Å². The minimum Gasteiger partial charge on any atom is -0.312 e. The number of nitrogens with zero attached hydrogens (tertiary/aromatic N) is 1. The summed E-state index contributed by atoms with van der Waals surface area (Å²) in [5.41, 5.74) is 1.02. The minimum atomic E-state index is -3.95. The van der Waals surface area contributed by atoms with Gasteiger partial charge in [-0.3, -0.25) is 14.2 Å².